The molecule has 0 saturated heterocycles. The van der Waals surface area contributed by atoms with Crippen LogP contribution in [0.15, 0.2) is 36.5 Å². The smallest absolute Gasteiger partial charge is 0.329 e. The van der Waals surface area contributed by atoms with Crippen molar-refractivity contribution >= 4 is 34.6 Å². The van der Waals surface area contributed by atoms with E-state index in [0.717, 1.165) is 0 Å². The summed E-state index contributed by atoms with van der Waals surface area (Å²) in [4.78, 5) is 24.9. The van der Waals surface area contributed by atoms with Gasteiger partial charge in [0.1, 0.15) is 5.69 Å². The third-order valence-electron chi connectivity index (χ3n) is 2.51. The molecule has 1 amide bonds. The lowest BCUT2D eigenvalue weighted by Crippen LogP contribution is -2.10. The molecule has 3 N–H and O–H groups in total. The van der Waals surface area contributed by atoms with Crippen molar-refractivity contribution in [1.29, 1.82) is 0 Å². The molecule has 0 aliphatic rings. The SMILES string of the molecule is NC(=O)c1ccc(Nc2ccnc(Cl)c2[N+](=O)[O-])cc1. The number of nitrogens with zero attached hydrogens (tertiary/aromatic N) is 2. The van der Waals surface area contributed by atoms with E-state index in [0.29, 0.717) is 11.3 Å². The summed E-state index contributed by atoms with van der Waals surface area (Å²) in [5.74, 6) is -0.547. The van der Waals surface area contributed by atoms with Crippen molar-refractivity contribution in [2.75, 3.05) is 5.32 Å². The molecule has 8 heteroatoms. The van der Waals surface area contributed by atoms with Crippen LogP contribution in [0.1, 0.15) is 10.4 Å². The van der Waals surface area contributed by atoms with E-state index < -0.39 is 10.8 Å². The molecular formula is C12H9ClN4O3. The molecule has 0 aliphatic heterocycles. The summed E-state index contributed by atoms with van der Waals surface area (Å²) in [6.45, 7) is 0. The number of benzene rings is 1. The van der Waals surface area contributed by atoms with E-state index >= 15 is 0 Å². The molecule has 2 rings (SSSR count). The van der Waals surface area contributed by atoms with Gasteiger partial charge in [0.05, 0.1) is 4.92 Å². The molecule has 2 aromatic rings. The number of nitro groups is 1. The average molecular weight is 293 g/mol. The molecule has 20 heavy (non-hydrogen) atoms. The minimum Gasteiger partial charge on any atom is -0.366 e. The highest BCUT2D eigenvalue weighted by Crippen LogP contribution is 2.32. The summed E-state index contributed by atoms with van der Waals surface area (Å²) in [6.07, 6.45) is 1.36. The number of halogens is 1. The number of carbonyl (C=O) groups excluding carboxylic acids is 1. The van der Waals surface area contributed by atoms with Crippen molar-refractivity contribution in [1.82, 2.24) is 4.98 Å². The molecule has 1 heterocycles. The van der Waals surface area contributed by atoms with Crippen LogP contribution >= 0.6 is 11.6 Å². The first-order valence-electron chi connectivity index (χ1n) is 5.45. The maximum absolute atomic E-state index is 11.0. The molecule has 7 nitrogen and oxygen atoms in total. The number of primary amides is 1. The van der Waals surface area contributed by atoms with Crippen molar-refractivity contribution in [3.8, 4) is 0 Å². The number of amides is 1. The van der Waals surface area contributed by atoms with E-state index in [1.807, 2.05) is 0 Å². The Balaban J connectivity index is 2.33. The van der Waals surface area contributed by atoms with Crippen molar-refractivity contribution in [2.45, 2.75) is 0 Å². The normalized spacial score (nSPS) is 10.1. The van der Waals surface area contributed by atoms with E-state index in [1.54, 1.807) is 12.1 Å². The molecule has 0 aliphatic carbocycles. The van der Waals surface area contributed by atoms with Gasteiger partial charge in [-0.05, 0) is 30.3 Å². The average Bonchev–Trinajstić information content (AvgIpc) is 2.39. The van der Waals surface area contributed by atoms with Crippen molar-refractivity contribution < 1.29 is 9.72 Å². The summed E-state index contributed by atoms with van der Waals surface area (Å²) in [6, 6.07) is 7.63. The van der Waals surface area contributed by atoms with Gasteiger partial charge in [-0.25, -0.2) is 4.98 Å². The van der Waals surface area contributed by atoms with Crippen LogP contribution in [-0.2, 0) is 0 Å². The molecule has 0 saturated carbocycles. The second kappa shape index (κ2) is 5.54. The summed E-state index contributed by atoms with van der Waals surface area (Å²) in [5.41, 5.74) is 5.92. The van der Waals surface area contributed by atoms with Crippen LogP contribution in [0.2, 0.25) is 5.15 Å². The number of carbonyl (C=O) groups is 1. The molecular weight excluding hydrogens is 284 g/mol. The Morgan fingerprint density at radius 2 is 1.95 bits per heavy atom. The third-order valence-corrected chi connectivity index (χ3v) is 2.79. The van der Waals surface area contributed by atoms with Crippen molar-refractivity contribution in [3.05, 3.63) is 57.4 Å². The van der Waals surface area contributed by atoms with Gasteiger partial charge in [-0.3, -0.25) is 14.9 Å². The Labute approximate surface area is 118 Å². The number of nitrogens with one attached hydrogen (secondary N) is 1. The maximum Gasteiger partial charge on any atom is 0.329 e. The van der Waals surface area contributed by atoms with E-state index in [1.165, 1.54) is 24.4 Å². The van der Waals surface area contributed by atoms with Crippen LogP contribution in [-0.4, -0.2) is 15.8 Å². The van der Waals surface area contributed by atoms with Gasteiger partial charge in [0.15, 0.2) is 0 Å². The lowest BCUT2D eigenvalue weighted by atomic mass is 10.2. The Bertz CT molecular complexity index is 673. The minimum absolute atomic E-state index is 0.200. The van der Waals surface area contributed by atoms with Crippen molar-refractivity contribution in [3.63, 3.8) is 0 Å². The first kappa shape index (κ1) is 13.8. The molecule has 1 aromatic heterocycles. The fourth-order valence-corrected chi connectivity index (χ4v) is 1.80. The lowest BCUT2D eigenvalue weighted by molar-refractivity contribution is -0.384. The maximum atomic E-state index is 11.0. The summed E-state index contributed by atoms with van der Waals surface area (Å²) >= 11 is 5.70. The van der Waals surface area contributed by atoms with Crippen LogP contribution in [0.3, 0.4) is 0 Å². The molecule has 0 unspecified atom stereocenters. The van der Waals surface area contributed by atoms with Crippen LogP contribution in [0.25, 0.3) is 0 Å². The van der Waals surface area contributed by atoms with Crippen molar-refractivity contribution in [2.24, 2.45) is 5.73 Å². The van der Waals surface area contributed by atoms with Gasteiger partial charge in [0.2, 0.25) is 11.1 Å². The lowest BCUT2D eigenvalue weighted by Gasteiger charge is -2.07. The highest BCUT2D eigenvalue weighted by atomic mass is 35.5. The first-order chi connectivity index (χ1) is 9.49. The van der Waals surface area contributed by atoms with Gasteiger partial charge < -0.3 is 11.1 Å². The Hall–Kier alpha value is -2.67. The number of aromatic nitrogens is 1. The van der Waals surface area contributed by atoms with E-state index in [2.05, 4.69) is 10.3 Å². The zero-order valence-corrected chi connectivity index (χ0v) is 10.8. The van der Waals surface area contributed by atoms with Gasteiger partial charge >= 0.3 is 5.69 Å². The Morgan fingerprint density at radius 3 is 2.50 bits per heavy atom. The van der Waals surface area contributed by atoms with E-state index in [9.17, 15) is 14.9 Å². The Kier molecular flexibility index (Phi) is 3.81. The second-order valence-electron chi connectivity index (χ2n) is 3.82. The molecule has 0 radical (unpaired) electrons. The van der Waals surface area contributed by atoms with Gasteiger partial charge in [-0.15, -0.1) is 0 Å². The van der Waals surface area contributed by atoms with E-state index in [-0.39, 0.29) is 16.5 Å². The van der Waals surface area contributed by atoms with Gasteiger partial charge in [-0.2, -0.15) is 0 Å². The van der Waals surface area contributed by atoms with Gasteiger partial charge in [-0.1, -0.05) is 11.6 Å². The largest absolute Gasteiger partial charge is 0.366 e. The summed E-state index contributed by atoms with van der Waals surface area (Å²) in [7, 11) is 0. The molecule has 102 valence electrons. The first-order valence-corrected chi connectivity index (χ1v) is 5.82. The predicted octanol–water partition coefficient (Wildman–Crippen LogP) is 2.49. The summed E-state index contributed by atoms with van der Waals surface area (Å²) < 4.78 is 0. The fraction of sp³-hybridized carbons (Fsp3) is 0. The minimum atomic E-state index is -0.616. The fourth-order valence-electron chi connectivity index (χ4n) is 1.58. The monoisotopic (exact) mass is 292 g/mol. The quantitative estimate of drug-likeness (QED) is 0.511. The van der Waals surface area contributed by atoms with Gasteiger partial charge in [0, 0.05) is 17.4 Å². The predicted molar refractivity (Wildman–Crippen MR) is 74.1 cm³/mol. The number of nitrogens with two attached hydrogens (primary N) is 1. The highest BCUT2D eigenvalue weighted by molar-refractivity contribution is 6.32. The third kappa shape index (κ3) is 2.83. The molecule has 0 atom stereocenters. The number of anilines is 2. The van der Waals surface area contributed by atoms with Crippen LogP contribution in [0, 0.1) is 10.1 Å². The second-order valence-corrected chi connectivity index (χ2v) is 4.18. The van der Waals surface area contributed by atoms with Crippen LogP contribution in [0.5, 0.6) is 0 Å². The highest BCUT2D eigenvalue weighted by Gasteiger charge is 2.19. The van der Waals surface area contributed by atoms with Crippen LogP contribution < -0.4 is 11.1 Å². The van der Waals surface area contributed by atoms with Crippen LogP contribution in [0.4, 0.5) is 17.1 Å². The zero-order chi connectivity index (χ0) is 14.7. The zero-order valence-electron chi connectivity index (χ0n) is 10.0. The number of hydrogen-bond acceptors (Lipinski definition) is 5. The number of rotatable bonds is 4. The molecule has 0 spiro atoms. The molecule has 1 aromatic carbocycles. The molecule has 0 bridgehead atoms. The van der Waals surface area contributed by atoms with E-state index in [4.69, 9.17) is 17.3 Å². The Morgan fingerprint density at radius 1 is 1.30 bits per heavy atom. The topological polar surface area (TPSA) is 111 Å². The van der Waals surface area contributed by atoms with Gasteiger partial charge in [0.25, 0.3) is 0 Å². The standard InChI is InChI=1S/C12H9ClN4O3/c13-11-10(17(19)20)9(5-6-15-11)16-8-3-1-7(2-4-8)12(14)18/h1-6H,(H2,14,18)(H,15,16). The number of pyridine rings is 1. The summed E-state index contributed by atoms with van der Waals surface area (Å²) in [5, 5.41) is 13.6. The number of hydrogen-bond donors (Lipinski definition) is 2. The molecule has 0 fully saturated rings.